The van der Waals surface area contributed by atoms with E-state index in [1.165, 1.54) is 12.4 Å². The highest BCUT2D eigenvalue weighted by atomic mass is 16.3. The number of nitrogen functional groups attached to an aromatic ring is 1. The molecule has 0 aliphatic carbocycles. The number of amides is 1. The average Bonchev–Trinajstić information content (AvgIpc) is 2.80. The first-order valence-electron chi connectivity index (χ1n) is 11.0. The second-order valence-corrected chi connectivity index (χ2v) is 8.15. The number of fused-ring (bicyclic) bond motifs is 1. The molecule has 0 radical (unpaired) electrons. The van der Waals surface area contributed by atoms with Gasteiger partial charge >= 0.3 is 0 Å². The number of aromatic nitrogens is 2. The predicted molar refractivity (Wildman–Crippen MR) is 127 cm³/mol. The van der Waals surface area contributed by atoms with Crippen LogP contribution >= 0.6 is 0 Å². The van der Waals surface area contributed by atoms with Crippen LogP contribution < -0.4 is 5.73 Å². The molecule has 0 unspecified atom stereocenters. The van der Waals surface area contributed by atoms with Crippen molar-refractivity contribution in [1.82, 2.24) is 19.8 Å². The number of phenols is 1. The van der Waals surface area contributed by atoms with Gasteiger partial charge in [0.15, 0.2) is 5.78 Å². The van der Waals surface area contributed by atoms with Crippen LogP contribution in [-0.2, 0) is 16.1 Å². The molecule has 33 heavy (non-hydrogen) atoms. The van der Waals surface area contributed by atoms with Crippen LogP contribution in [-0.4, -0.2) is 62.2 Å². The lowest BCUT2D eigenvalue weighted by molar-refractivity contribution is -0.139. The van der Waals surface area contributed by atoms with Crippen molar-refractivity contribution in [2.45, 2.75) is 25.9 Å². The molecular formula is C25H27N5O3. The lowest BCUT2D eigenvalue weighted by Gasteiger charge is -2.37. The van der Waals surface area contributed by atoms with Crippen molar-refractivity contribution >= 4 is 34.5 Å². The van der Waals surface area contributed by atoms with Crippen LogP contribution in [0.25, 0.3) is 17.0 Å². The zero-order valence-electron chi connectivity index (χ0n) is 18.5. The molecular weight excluding hydrogens is 418 g/mol. The maximum atomic E-state index is 12.9. The van der Waals surface area contributed by atoms with Crippen LogP contribution in [0.15, 0.2) is 54.9 Å². The first-order chi connectivity index (χ1) is 15.9. The summed E-state index contributed by atoms with van der Waals surface area (Å²) in [5.74, 6) is 0.533. The summed E-state index contributed by atoms with van der Waals surface area (Å²) in [5.41, 5.74) is 8.36. The monoisotopic (exact) mass is 445 g/mol. The van der Waals surface area contributed by atoms with E-state index >= 15 is 0 Å². The molecule has 4 rings (SSSR count). The number of aromatic hydroxyl groups is 1. The van der Waals surface area contributed by atoms with Gasteiger partial charge in [0.2, 0.25) is 5.91 Å². The fraction of sp³-hybridized carbons (Fsp3) is 0.280. The van der Waals surface area contributed by atoms with Crippen LogP contribution in [0.1, 0.15) is 24.5 Å². The molecule has 2 heterocycles. The molecule has 0 spiro atoms. The molecule has 0 bridgehead atoms. The van der Waals surface area contributed by atoms with E-state index in [0.29, 0.717) is 31.9 Å². The molecule has 8 heteroatoms. The van der Waals surface area contributed by atoms with Gasteiger partial charge in [-0.05, 0) is 47.9 Å². The Bertz CT molecular complexity index is 1210. The van der Waals surface area contributed by atoms with E-state index in [1.807, 2.05) is 41.0 Å². The number of anilines is 1. The average molecular weight is 446 g/mol. The molecule has 1 atom stereocenters. The first kappa shape index (κ1) is 22.4. The zero-order chi connectivity index (χ0) is 23.4. The second kappa shape index (κ2) is 9.79. The summed E-state index contributed by atoms with van der Waals surface area (Å²) < 4.78 is 0. The molecule has 8 nitrogen and oxygen atoms in total. The summed E-state index contributed by atoms with van der Waals surface area (Å²) >= 11 is 0. The van der Waals surface area contributed by atoms with Crippen LogP contribution in [0.2, 0.25) is 0 Å². The minimum atomic E-state index is -0.356. The Kier molecular flexibility index (Phi) is 6.65. The molecule has 1 aromatic heterocycles. The molecule has 3 aromatic rings. The smallest absolute Gasteiger partial charge is 0.237 e. The highest BCUT2D eigenvalue weighted by molar-refractivity contribution is 5.98. The van der Waals surface area contributed by atoms with Crippen molar-refractivity contribution in [3.63, 3.8) is 0 Å². The van der Waals surface area contributed by atoms with E-state index in [2.05, 4.69) is 9.97 Å². The predicted octanol–water partition coefficient (Wildman–Crippen LogP) is 2.62. The lowest BCUT2D eigenvalue weighted by Crippen LogP contribution is -2.54. The number of nitrogens with zero attached hydrogens (tertiary/aromatic N) is 4. The molecule has 1 fully saturated rings. The Morgan fingerprint density at radius 3 is 2.82 bits per heavy atom. The molecule has 1 saturated heterocycles. The van der Waals surface area contributed by atoms with Gasteiger partial charge in [0.25, 0.3) is 0 Å². The second-order valence-electron chi connectivity index (χ2n) is 8.15. The Morgan fingerprint density at radius 1 is 1.21 bits per heavy atom. The fourth-order valence-corrected chi connectivity index (χ4v) is 4.16. The number of rotatable bonds is 7. The zero-order valence-corrected chi connectivity index (χ0v) is 18.5. The number of ketones is 1. The van der Waals surface area contributed by atoms with E-state index in [0.717, 1.165) is 22.0 Å². The van der Waals surface area contributed by atoms with Gasteiger partial charge in [0.1, 0.15) is 17.9 Å². The van der Waals surface area contributed by atoms with Crippen molar-refractivity contribution < 1.29 is 14.7 Å². The molecule has 2 aromatic carbocycles. The summed E-state index contributed by atoms with van der Waals surface area (Å²) in [5, 5.41) is 10.4. The minimum Gasteiger partial charge on any atom is -0.508 e. The van der Waals surface area contributed by atoms with E-state index in [1.54, 1.807) is 24.3 Å². The Hall–Kier alpha value is -3.78. The van der Waals surface area contributed by atoms with Gasteiger partial charge in [-0.15, -0.1) is 0 Å². The van der Waals surface area contributed by atoms with Gasteiger partial charge in [-0.25, -0.2) is 9.97 Å². The van der Waals surface area contributed by atoms with Crippen molar-refractivity contribution in [3.8, 4) is 5.75 Å². The van der Waals surface area contributed by atoms with Gasteiger partial charge < -0.3 is 15.7 Å². The molecule has 0 saturated carbocycles. The van der Waals surface area contributed by atoms with E-state index < -0.39 is 0 Å². The Balaban J connectivity index is 1.39. The highest BCUT2D eigenvalue weighted by Gasteiger charge is 2.30. The van der Waals surface area contributed by atoms with Crippen LogP contribution in [0.3, 0.4) is 0 Å². The number of hydrogen-bond donors (Lipinski definition) is 2. The molecule has 3 N–H and O–H groups in total. The van der Waals surface area contributed by atoms with Crippen LogP contribution in [0.4, 0.5) is 5.82 Å². The number of phenolic OH excluding ortho intramolecular Hbond substituents is 1. The van der Waals surface area contributed by atoms with Gasteiger partial charge in [-0.1, -0.05) is 31.2 Å². The maximum absolute atomic E-state index is 12.9. The number of carbonyl (C=O) groups excluding carboxylic acids is 2. The first-order valence-corrected chi connectivity index (χ1v) is 11.0. The van der Waals surface area contributed by atoms with E-state index in [-0.39, 0.29) is 30.0 Å². The van der Waals surface area contributed by atoms with Gasteiger partial charge in [0, 0.05) is 25.0 Å². The minimum absolute atomic E-state index is 0.00763. The van der Waals surface area contributed by atoms with E-state index in [4.69, 9.17) is 5.73 Å². The van der Waals surface area contributed by atoms with Gasteiger partial charge in [0.05, 0.1) is 18.1 Å². The molecule has 1 aliphatic heterocycles. The van der Waals surface area contributed by atoms with Crippen molar-refractivity contribution in [2.24, 2.45) is 0 Å². The van der Waals surface area contributed by atoms with Crippen LogP contribution in [0, 0.1) is 0 Å². The fourth-order valence-electron chi connectivity index (χ4n) is 4.16. The van der Waals surface area contributed by atoms with Gasteiger partial charge in [-0.3, -0.25) is 14.5 Å². The third-order valence-corrected chi connectivity index (χ3v) is 5.92. The highest BCUT2D eigenvalue weighted by Crippen LogP contribution is 2.20. The lowest BCUT2D eigenvalue weighted by atomic mass is 10.0. The standard InChI is InChI=1S/C25H27N5O3/c1-2-22(23(32)9-7-17-4-3-5-19(31)12-17)29-10-11-30(24(33)15-29)14-18-6-8-20-21(13-18)27-16-28-25(20)26/h3-9,12-13,16,22,31H,2,10-11,14-15H2,1H3,(H2,26,27,28)/b9-7+/t22-/m0/s1. The summed E-state index contributed by atoms with van der Waals surface area (Å²) in [6.07, 6.45) is 5.27. The van der Waals surface area contributed by atoms with Crippen molar-refractivity contribution in [2.75, 3.05) is 25.4 Å². The number of nitrogens with two attached hydrogens (primary N) is 1. The molecule has 1 amide bonds. The van der Waals surface area contributed by atoms with Crippen LogP contribution in [0.5, 0.6) is 5.75 Å². The summed E-state index contributed by atoms with van der Waals surface area (Å²) in [6.45, 7) is 3.80. The van der Waals surface area contributed by atoms with Crippen molar-refractivity contribution in [3.05, 3.63) is 66.0 Å². The summed E-state index contributed by atoms with van der Waals surface area (Å²) in [7, 11) is 0. The topological polar surface area (TPSA) is 113 Å². The largest absolute Gasteiger partial charge is 0.508 e. The third-order valence-electron chi connectivity index (χ3n) is 5.92. The summed E-state index contributed by atoms with van der Waals surface area (Å²) in [4.78, 5) is 37.7. The normalized spacial score (nSPS) is 15.9. The number of benzene rings is 2. The van der Waals surface area contributed by atoms with Gasteiger partial charge in [-0.2, -0.15) is 0 Å². The molecule has 1 aliphatic rings. The summed E-state index contributed by atoms with van der Waals surface area (Å²) in [6, 6.07) is 12.1. The van der Waals surface area contributed by atoms with Crippen molar-refractivity contribution in [1.29, 1.82) is 0 Å². The maximum Gasteiger partial charge on any atom is 0.237 e. The molecule has 170 valence electrons. The Labute approximate surface area is 192 Å². The SMILES string of the molecule is CC[C@@H](C(=O)/C=C/c1cccc(O)c1)N1CCN(Cc2ccc3c(N)ncnc3c2)C(=O)C1. The number of piperazine rings is 1. The Morgan fingerprint density at radius 2 is 2.06 bits per heavy atom. The van der Waals surface area contributed by atoms with E-state index in [9.17, 15) is 14.7 Å². The number of hydrogen-bond acceptors (Lipinski definition) is 7. The quantitative estimate of drug-likeness (QED) is 0.538. The number of carbonyl (C=O) groups is 2. The third kappa shape index (κ3) is 5.18.